The number of carboxylic acids is 1. The number of aliphatic carboxylic acids is 1. The quantitative estimate of drug-likeness (QED) is 0.530. The first kappa shape index (κ1) is 16.2. The smallest absolute Gasteiger partial charge is 0.303 e. The second-order valence-electron chi connectivity index (χ2n) is 5.16. The highest BCUT2D eigenvalue weighted by atomic mass is 32.1. The molecule has 3 heteroatoms. The number of carbonyl (C=O) groups is 1. The molecule has 0 aliphatic rings. The zero-order valence-corrected chi connectivity index (χ0v) is 12.6. The van der Waals surface area contributed by atoms with Crippen LogP contribution in [0.2, 0.25) is 0 Å². The summed E-state index contributed by atoms with van der Waals surface area (Å²) in [4.78, 5) is 11.8. The maximum atomic E-state index is 10.3. The van der Waals surface area contributed by atoms with Crippen molar-refractivity contribution in [1.82, 2.24) is 0 Å². The van der Waals surface area contributed by atoms with Crippen LogP contribution < -0.4 is 0 Å². The van der Waals surface area contributed by atoms with Crippen LogP contribution in [0.4, 0.5) is 0 Å². The number of rotatable bonds is 12. The van der Waals surface area contributed by atoms with Gasteiger partial charge in [-0.25, -0.2) is 0 Å². The highest BCUT2D eigenvalue weighted by Gasteiger charge is 1.97. The van der Waals surface area contributed by atoms with Crippen molar-refractivity contribution in [2.45, 2.75) is 70.6 Å². The summed E-state index contributed by atoms with van der Waals surface area (Å²) in [5, 5.41) is 10.7. The lowest BCUT2D eigenvalue weighted by atomic mass is 10.1. The van der Waals surface area contributed by atoms with Crippen molar-refractivity contribution in [1.29, 1.82) is 0 Å². The molecule has 0 spiro atoms. The Balaban J connectivity index is 1.75. The van der Waals surface area contributed by atoms with Crippen molar-refractivity contribution < 1.29 is 9.90 Å². The number of carboxylic acid groups (broad SMARTS) is 1. The molecule has 19 heavy (non-hydrogen) atoms. The third-order valence-electron chi connectivity index (χ3n) is 3.39. The van der Waals surface area contributed by atoms with Crippen LogP contribution in [0.15, 0.2) is 17.5 Å². The molecule has 0 aliphatic heterocycles. The summed E-state index contributed by atoms with van der Waals surface area (Å²) in [6.07, 6.45) is 12.6. The summed E-state index contributed by atoms with van der Waals surface area (Å²) < 4.78 is 0. The Morgan fingerprint density at radius 1 is 0.947 bits per heavy atom. The Labute approximate surface area is 120 Å². The fraction of sp³-hybridized carbons (Fsp3) is 0.688. The lowest BCUT2D eigenvalue weighted by molar-refractivity contribution is -0.137. The molecular weight excluding hydrogens is 256 g/mol. The van der Waals surface area contributed by atoms with Crippen LogP contribution >= 0.6 is 11.3 Å². The molecule has 1 aromatic rings. The molecule has 108 valence electrons. The van der Waals surface area contributed by atoms with Gasteiger partial charge in [0.2, 0.25) is 0 Å². The summed E-state index contributed by atoms with van der Waals surface area (Å²) in [5.74, 6) is -0.661. The van der Waals surface area contributed by atoms with Gasteiger partial charge in [-0.1, -0.05) is 51.0 Å². The molecule has 0 amide bonds. The van der Waals surface area contributed by atoms with Crippen LogP contribution in [-0.4, -0.2) is 11.1 Å². The van der Waals surface area contributed by atoms with Crippen molar-refractivity contribution in [2.24, 2.45) is 0 Å². The summed E-state index contributed by atoms with van der Waals surface area (Å²) >= 11 is 1.86. The Morgan fingerprint density at radius 3 is 2.05 bits per heavy atom. The van der Waals surface area contributed by atoms with E-state index in [2.05, 4.69) is 17.5 Å². The highest BCUT2D eigenvalue weighted by Crippen LogP contribution is 2.15. The van der Waals surface area contributed by atoms with Gasteiger partial charge in [0.25, 0.3) is 0 Å². The molecule has 1 rings (SSSR count). The van der Waals surface area contributed by atoms with E-state index in [1.165, 1.54) is 56.2 Å². The van der Waals surface area contributed by atoms with Crippen molar-refractivity contribution in [3.8, 4) is 0 Å². The first-order chi connectivity index (χ1) is 9.29. The van der Waals surface area contributed by atoms with Crippen molar-refractivity contribution >= 4 is 17.3 Å². The van der Waals surface area contributed by atoms with E-state index in [0.29, 0.717) is 6.42 Å². The van der Waals surface area contributed by atoms with Gasteiger partial charge in [0, 0.05) is 11.3 Å². The van der Waals surface area contributed by atoms with E-state index < -0.39 is 5.97 Å². The van der Waals surface area contributed by atoms with Crippen molar-refractivity contribution in [2.75, 3.05) is 0 Å². The molecule has 0 unspecified atom stereocenters. The largest absolute Gasteiger partial charge is 0.481 e. The van der Waals surface area contributed by atoms with Crippen LogP contribution in [0.5, 0.6) is 0 Å². The second kappa shape index (κ2) is 11.0. The van der Waals surface area contributed by atoms with E-state index >= 15 is 0 Å². The zero-order chi connectivity index (χ0) is 13.8. The SMILES string of the molecule is O=C(O)CCCCCCCCCCCc1cccs1. The number of aryl methyl sites for hydroxylation is 1. The van der Waals surface area contributed by atoms with Crippen LogP contribution in [0.3, 0.4) is 0 Å². The van der Waals surface area contributed by atoms with Gasteiger partial charge >= 0.3 is 5.97 Å². The van der Waals surface area contributed by atoms with Gasteiger partial charge < -0.3 is 5.11 Å². The summed E-state index contributed by atoms with van der Waals surface area (Å²) in [6, 6.07) is 4.35. The van der Waals surface area contributed by atoms with E-state index in [1.807, 2.05) is 11.3 Å². The van der Waals surface area contributed by atoms with Crippen LogP contribution in [0.1, 0.15) is 69.1 Å². The monoisotopic (exact) mass is 282 g/mol. The summed E-state index contributed by atoms with van der Waals surface area (Å²) in [5.41, 5.74) is 0. The normalized spacial score (nSPS) is 10.7. The van der Waals surface area contributed by atoms with E-state index in [1.54, 1.807) is 0 Å². The van der Waals surface area contributed by atoms with E-state index in [4.69, 9.17) is 5.11 Å². The molecule has 0 saturated carbocycles. The topological polar surface area (TPSA) is 37.3 Å². The third kappa shape index (κ3) is 9.71. The minimum absolute atomic E-state index is 0.336. The molecule has 0 saturated heterocycles. The average Bonchev–Trinajstić information content (AvgIpc) is 2.88. The Bertz CT molecular complexity index is 319. The first-order valence-corrected chi connectivity index (χ1v) is 8.41. The molecule has 0 bridgehead atoms. The molecule has 0 aliphatic carbocycles. The average molecular weight is 282 g/mol. The molecular formula is C16H26O2S. The van der Waals surface area contributed by atoms with Crippen LogP contribution in [-0.2, 0) is 11.2 Å². The number of thiophene rings is 1. The second-order valence-corrected chi connectivity index (χ2v) is 6.19. The third-order valence-corrected chi connectivity index (χ3v) is 4.33. The zero-order valence-electron chi connectivity index (χ0n) is 11.8. The maximum absolute atomic E-state index is 10.3. The molecule has 1 aromatic heterocycles. The fourth-order valence-corrected chi connectivity index (χ4v) is 3.02. The first-order valence-electron chi connectivity index (χ1n) is 7.53. The van der Waals surface area contributed by atoms with Gasteiger partial charge in [-0.05, 0) is 30.7 Å². The minimum Gasteiger partial charge on any atom is -0.481 e. The van der Waals surface area contributed by atoms with Crippen molar-refractivity contribution in [3.63, 3.8) is 0 Å². The Hall–Kier alpha value is -0.830. The predicted octanol–water partition coefficient (Wildman–Crippen LogP) is 5.28. The van der Waals surface area contributed by atoms with E-state index in [0.717, 1.165) is 12.8 Å². The van der Waals surface area contributed by atoms with Gasteiger partial charge in [-0.2, -0.15) is 0 Å². The lowest BCUT2D eigenvalue weighted by Crippen LogP contribution is -1.93. The van der Waals surface area contributed by atoms with Gasteiger partial charge in [0.15, 0.2) is 0 Å². The molecule has 0 aromatic carbocycles. The van der Waals surface area contributed by atoms with Crippen LogP contribution in [0.25, 0.3) is 0 Å². The minimum atomic E-state index is -0.661. The summed E-state index contributed by atoms with van der Waals surface area (Å²) in [7, 11) is 0. The summed E-state index contributed by atoms with van der Waals surface area (Å²) in [6.45, 7) is 0. The molecule has 0 radical (unpaired) electrons. The molecule has 1 heterocycles. The lowest BCUT2D eigenvalue weighted by Gasteiger charge is -2.02. The highest BCUT2D eigenvalue weighted by molar-refractivity contribution is 7.09. The van der Waals surface area contributed by atoms with E-state index in [-0.39, 0.29) is 0 Å². The van der Waals surface area contributed by atoms with Gasteiger partial charge in [-0.15, -0.1) is 11.3 Å². The number of hydrogen-bond donors (Lipinski definition) is 1. The van der Waals surface area contributed by atoms with Crippen molar-refractivity contribution in [3.05, 3.63) is 22.4 Å². The van der Waals surface area contributed by atoms with E-state index in [9.17, 15) is 4.79 Å². The predicted molar refractivity (Wildman–Crippen MR) is 81.8 cm³/mol. The standard InChI is InChI=1S/C16H26O2S/c17-16(18)13-9-7-5-3-1-2-4-6-8-11-15-12-10-14-19-15/h10,12,14H,1-9,11,13H2,(H,17,18). The Morgan fingerprint density at radius 2 is 1.53 bits per heavy atom. The molecule has 0 atom stereocenters. The van der Waals surface area contributed by atoms with Gasteiger partial charge in [0.05, 0.1) is 0 Å². The van der Waals surface area contributed by atoms with Crippen LogP contribution in [0, 0.1) is 0 Å². The molecule has 1 N–H and O–H groups in total. The van der Waals surface area contributed by atoms with Gasteiger partial charge in [0.1, 0.15) is 0 Å². The number of unbranched alkanes of at least 4 members (excludes halogenated alkanes) is 8. The molecule has 0 fully saturated rings. The Kier molecular flexibility index (Phi) is 9.42. The molecule has 2 nitrogen and oxygen atoms in total. The fourth-order valence-electron chi connectivity index (χ4n) is 2.27. The number of hydrogen-bond acceptors (Lipinski definition) is 2. The van der Waals surface area contributed by atoms with Gasteiger partial charge in [-0.3, -0.25) is 4.79 Å². The maximum Gasteiger partial charge on any atom is 0.303 e.